The SMILES string of the molecule is Cc1cc(-c2c(C)noc2C)cc(CNC(=O)OCC2c3ccccc3-c3ccccc32)c1Sc1ncccc1C=O. The van der Waals surface area contributed by atoms with Gasteiger partial charge in [-0.05, 0) is 77.9 Å². The van der Waals surface area contributed by atoms with E-state index >= 15 is 0 Å². The molecular weight excluding hydrogens is 546 g/mol. The van der Waals surface area contributed by atoms with Crippen LogP contribution < -0.4 is 5.32 Å². The predicted octanol–water partition coefficient (Wildman–Crippen LogP) is 7.66. The van der Waals surface area contributed by atoms with Crippen LogP contribution in [0.2, 0.25) is 0 Å². The number of hydrogen-bond acceptors (Lipinski definition) is 7. The van der Waals surface area contributed by atoms with Gasteiger partial charge in [0, 0.05) is 34.7 Å². The standard InChI is InChI=1S/C34H29N3O4S/c1-20-15-24(31-21(2)37-41-22(31)3)16-25(32(20)42-33-23(18-38)9-8-14-35-33)17-36-34(39)40-19-30-28-12-6-4-10-26(28)27-11-5-7-13-29(27)30/h4-16,18,30H,17,19H2,1-3H3,(H,36,39). The van der Waals surface area contributed by atoms with Crippen LogP contribution in [0.3, 0.4) is 0 Å². The van der Waals surface area contributed by atoms with Gasteiger partial charge in [-0.25, -0.2) is 9.78 Å². The molecule has 0 unspecified atom stereocenters. The molecule has 2 aromatic heterocycles. The summed E-state index contributed by atoms with van der Waals surface area (Å²) >= 11 is 1.40. The highest BCUT2D eigenvalue weighted by Crippen LogP contribution is 2.44. The van der Waals surface area contributed by atoms with Gasteiger partial charge in [0.2, 0.25) is 0 Å². The molecule has 0 spiro atoms. The zero-order chi connectivity index (χ0) is 29.2. The first-order valence-electron chi connectivity index (χ1n) is 13.7. The Morgan fingerprint density at radius 3 is 2.38 bits per heavy atom. The van der Waals surface area contributed by atoms with Crippen molar-refractivity contribution in [3.63, 3.8) is 0 Å². The third-order valence-corrected chi connectivity index (χ3v) is 8.89. The highest BCUT2D eigenvalue weighted by atomic mass is 32.2. The summed E-state index contributed by atoms with van der Waals surface area (Å²) in [5.74, 6) is 0.695. The molecule has 1 aliphatic rings. The minimum atomic E-state index is -0.500. The monoisotopic (exact) mass is 575 g/mol. The van der Waals surface area contributed by atoms with Gasteiger partial charge in [-0.15, -0.1) is 0 Å². The predicted molar refractivity (Wildman–Crippen MR) is 162 cm³/mol. The van der Waals surface area contributed by atoms with Gasteiger partial charge in [0.25, 0.3) is 0 Å². The fraction of sp³-hybridized carbons (Fsp3) is 0.176. The summed E-state index contributed by atoms with van der Waals surface area (Å²) in [6.45, 7) is 6.25. The van der Waals surface area contributed by atoms with Crippen molar-refractivity contribution >= 4 is 24.1 Å². The highest BCUT2D eigenvalue weighted by molar-refractivity contribution is 7.99. The number of aryl methyl sites for hydroxylation is 3. The second-order valence-corrected chi connectivity index (χ2v) is 11.3. The van der Waals surface area contributed by atoms with Crippen molar-refractivity contribution in [3.8, 4) is 22.3 Å². The lowest BCUT2D eigenvalue weighted by molar-refractivity contribution is 0.112. The van der Waals surface area contributed by atoms with Gasteiger partial charge in [-0.3, -0.25) is 4.79 Å². The second kappa shape index (κ2) is 11.7. The number of pyridine rings is 1. The van der Waals surface area contributed by atoms with Crippen molar-refractivity contribution in [2.45, 2.75) is 43.2 Å². The third-order valence-electron chi connectivity index (χ3n) is 7.57. The van der Waals surface area contributed by atoms with Crippen LogP contribution in [0.4, 0.5) is 4.79 Å². The molecule has 1 amide bonds. The lowest BCUT2D eigenvalue weighted by Gasteiger charge is -2.17. The maximum absolute atomic E-state index is 13.1. The maximum atomic E-state index is 13.1. The molecule has 7 nitrogen and oxygen atoms in total. The molecule has 1 N–H and O–H groups in total. The summed E-state index contributed by atoms with van der Waals surface area (Å²) in [6.07, 6.45) is 1.97. The topological polar surface area (TPSA) is 94.3 Å². The quantitative estimate of drug-likeness (QED) is 0.190. The first-order chi connectivity index (χ1) is 20.4. The Morgan fingerprint density at radius 2 is 1.71 bits per heavy atom. The molecule has 0 aliphatic heterocycles. The van der Waals surface area contributed by atoms with Crippen LogP contribution in [-0.4, -0.2) is 29.1 Å². The van der Waals surface area contributed by atoms with E-state index in [1.54, 1.807) is 18.3 Å². The van der Waals surface area contributed by atoms with Crippen molar-refractivity contribution in [2.24, 2.45) is 0 Å². The first-order valence-corrected chi connectivity index (χ1v) is 14.5. The van der Waals surface area contributed by atoms with E-state index in [4.69, 9.17) is 9.26 Å². The van der Waals surface area contributed by atoms with Crippen LogP contribution in [-0.2, 0) is 11.3 Å². The lowest BCUT2D eigenvalue weighted by atomic mass is 9.98. The van der Waals surface area contributed by atoms with Gasteiger partial charge in [-0.2, -0.15) is 0 Å². The Labute approximate surface area is 248 Å². The zero-order valence-corrected chi connectivity index (χ0v) is 24.3. The number of rotatable bonds is 8. The van der Waals surface area contributed by atoms with Crippen LogP contribution in [0.15, 0.2) is 93.4 Å². The maximum Gasteiger partial charge on any atom is 0.407 e. The highest BCUT2D eigenvalue weighted by Gasteiger charge is 2.29. The molecule has 0 atom stereocenters. The van der Waals surface area contributed by atoms with Crippen molar-refractivity contribution in [3.05, 3.63) is 118 Å². The molecule has 3 aromatic carbocycles. The summed E-state index contributed by atoms with van der Waals surface area (Å²) in [7, 11) is 0. The average molecular weight is 576 g/mol. The van der Waals surface area contributed by atoms with Crippen LogP contribution in [0.1, 0.15) is 50.0 Å². The van der Waals surface area contributed by atoms with Gasteiger partial charge in [-0.1, -0.05) is 71.5 Å². The van der Waals surface area contributed by atoms with Crippen LogP contribution in [0, 0.1) is 20.8 Å². The lowest BCUT2D eigenvalue weighted by Crippen LogP contribution is -2.26. The van der Waals surface area contributed by atoms with E-state index in [1.807, 2.05) is 51.1 Å². The van der Waals surface area contributed by atoms with Gasteiger partial charge in [0.1, 0.15) is 17.4 Å². The number of ether oxygens (including phenoxy) is 1. The fourth-order valence-corrected chi connectivity index (χ4v) is 6.68. The smallest absolute Gasteiger partial charge is 0.407 e. The van der Waals surface area contributed by atoms with Crippen LogP contribution >= 0.6 is 11.8 Å². The Morgan fingerprint density at radius 1 is 1.00 bits per heavy atom. The molecule has 0 fully saturated rings. The fourth-order valence-electron chi connectivity index (χ4n) is 5.66. The molecule has 0 radical (unpaired) electrons. The van der Waals surface area contributed by atoms with Gasteiger partial charge >= 0.3 is 6.09 Å². The number of fused-ring (bicyclic) bond motifs is 3. The zero-order valence-electron chi connectivity index (χ0n) is 23.5. The Hall–Kier alpha value is -4.69. The number of carbonyl (C=O) groups is 2. The molecular formula is C34H29N3O4S. The number of amides is 1. The van der Waals surface area contributed by atoms with E-state index in [2.05, 4.69) is 45.8 Å². The Bertz CT molecular complexity index is 1750. The number of aromatic nitrogens is 2. The van der Waals surface area contributed by atoms with E-state index in [-0.39, 0.29) is 19.1 Å². The molecule has 8 heteroatoms. The first kappa shape index (κ1) is 27.5. The van der Waals surface area contributed by atoms with Crippen molar-refractivity contribution in [1.82, 2.24) is 15.5 Å². The third kappa shape index (κ3) is 5.21. The van der Waals surface area contributed by atoms with Crippen molar-refractivity contribution < 1.29 is 18.8 Å². The molecule has 0 bridgehead atoms. The second-order valence-electron chi connectivity index (χ2n) is 10.3. The minimum Gasteiger partial charge on any atom is -0.449 e. The van der Waals surface area contributed by atoms with E-state index in [0.29, 0.717) is 10.6 Å². The Kier molecular flexibility index (Phi) is 7.63. The number of benzene rings is 3. The number of carbonyl (C=O) groups excluding carboxylic acids is 2. The summed E-state index contributed by atoms with van der Waals surface area (Å²) in [4.78, 5) is 30.1. The number of alkyl carbamates (subject to hydrolysis) is 1. The molecule has 0 saturated heterocycles. The van der Waals surface area contributed by atoms with Crippen LogP contribution in [0.25, 0.3) is 22.3 Å². The number of nitrogens with one attached hydrogen (secondary N) is 1. The van der Waals surface area contributed by atoms with E-state index in [1.165, 1.54) is 22.9 Å². The molecule has 1 aliphatic carbocycles. The van der Waals surface area contributed by atoms with E-state index < -0.39 is 6.09 Å². The largest absolute Gasteiger partial charge is 0.449 e. The molecule has 42 heavy (non-hydrogen) atoms. The average Bonchev–Trinajstić information content (AvgIpc) is 3.52. The number of nitrogens with zero attached hydrogens (tertiary/aromatic N) is 2. The molecule has 210 valence electrons. The summed E-state index contributed by atoms with van der Waals surface area (Å²) < 4.78 is 11.2. The van der Waals surface area contributed by atoms with Gasteiger partial charge in [0.15, 0.2) is 6.29 Å². The van der Waals surface area contributed by atoms with Crippen molar-refractivity contribution in [2.75, 3.05) is 6.61 Å². The number of aldehydes is 1. The van der Waals surface area contributed by atoms with E-state index in [9.17, 15) is 9.59 Å². The minimum absolute atomic E-state index is 0.0229. The number of hydrogen-bond donors (Lipinski definition) is 1. The summed E-state index contributed by atoms with van der Waals surface area (Å²) in [5, 5.41) is 7.67. The molecule has 6 rings (SSSR count). The van der Waals surface area contributed by atoms with Crippen molar-refractivity contribution in [1.29, 1.82) is 0 Å². The molecule has 5 aromatic rings. The Balaban J connectivity index is 1.25. The molecule has 2 heterocycles. The molecule has 0 saturated carbocycles. The van der Waals surface area contributed by atoms with Gasteiger partial charge in [0.05, 0.1) is 5.69 Å². The van der Waals surface area contributed by atoms with Crippen LogP contribution in [0.5, 0.6) is 0 Å². The summed E-state index contributed by atoms with van der Waals surface area (Å²) in [6, 6.07) is 24.1. The van der Waals surface area contributed by atoms with Gasteiger partial charge < -0.3 is 14.6 Å². The normalized spacial score (nSPS) is 12.1. The van der Waals surface area contributed by atoms with E-state index in [0.717, 1.165) is 56.0 Å². The summed E-state index contributed by atoms with van der Waals surface area (Å²) in [5.41, 5.74) is 9.68.